The number of fused-ring (bicyclic) bond motifs is 1. The lowest BCUT2D eigenvalue weighted by atomic mass is 10.1. The Morgan fingerprint density at radius 2 is 2.13 bits per heavy atom. The molecule has 0 saturated carbocycles. The predicted molar refractivity (Wildman–Crippen MR) is 66.8 cm³/mol. The second-order valence-electron chi connectivity index (χ2n) is 3.41. The van der Waals surface area contributed by atoms with Crippen LogP contribution in [-0.4, -0.2) is 11.5 Å². The van der Waals surface area contributed by atoms with Crippen molar-refractivity contribution in [3.8, 4) is 0 Å². The quantitative estimate of drug-likeness (QED) is 0.862. The number of benzene rings is 1. The Morgan fingerprint density at radius 1 is 1.33 bits per heavy atom. The van der Waals surface area contributed by atoms with Crippen molar-refractivity contribution in [3.63, 3.8) is 0 Å². The third-order valence-electron chi connectivity index (χ3n) is 2.32. The van der Waals surface area contributed by atoms with E-state index in [1.165, 1.54) is 10.9 Å². The van der Waals surface area contributed by atoms with E-state index in [1.54, 1.807) is 0 Å². The summed E-state index contributed by atoms with van der Waals surface area (Å²) in [5.74, 6) is 0. The Hall–Kier alpha value is -0.930. The molecule has 1 heterocycles. The summed E-state index contributed by atoms with van der Waals surface area (Å²) >= 11 is 3.50. The van der Waals surface area contributed by atoms with Gasteiger partial charge in [0, 0.05) is 11.9 Å². The van der Waals surface area contributed by atoms with E-state index in [4.69, 9.17) is 0 Å². The topological polar surface area (TPSA) is 24.9 Å². The maximum absolute atomic E-state index is 4.51. The molecule has 0 aliphatic rings. The van der Waals surface area contributed by atoms with Crippen molar-refractivity contribution in [2.75, 3.05) is 6.54 Å². The molecular formula is C12H13BrN2. The minimum absolute atomic E-state index is 0.856. The number of rotatable bonds is 3. The molecule has 15 heavy (non-hydrogen) atoms. The van der Waals surface area contributed by atoms with Crippen molar-refractivity contribution in [1.29, 1.82) is 0 Å². The van der Waals surface area contributed by atoms with Gasteiger partial charge in [-0.05, 0) is 40.2 Å². The molecule has 1 aromatic carbocycles. The van der Waals surface area contributed by atoms with Crippen molar-refractivity contribution in [3.05, 3.63) is 40.5 Å². The van der Waals surface area contributed by atoms with Crippen molar-refractivity contribution >= 4 is 26.8 Å². The van der Waals surface area contributed by atoms with Crippen LogP contribution in [0.5, 0.6) is 0 Å². The molecule has 0 fully saturated rings. The highest BCUT2D eigenvalue weighted by molar-refractivity contribution is 9.10. The first-order valence-electron chi connectivity index (χ1n) is 5.06. The van der Waals surface area contributed by atoms with Crippen molar-refractivity contribution in [2.45, 2.75) is 13.5 Å². The zero-order chi connectivity index (χ0) is 10.7. The molecule has 3 heteroatoms. The summed E-state index contributed by atoms with van der Waals surface area (Å²) in [6.07, 6.45) is 0. The number of hydrogen-bond acceptors (Lipinski definition) is 2. The number of para-hydroxylation sites is 1. The van der Waals surface area contributed by atoms with Gasteiger partial charge in [0.15, 0.2) is 0 Å². The maximum atomic E-state index is 4.51. The Kier molecular flexibility index (Phi) is 3.34. The smallest absolute Gasteiger partial charge is 0.111 e. The van der Waals surface area contributed by atoms with Gasteiger partial charge in [0.1, 0.15) is 4.60 Å². The van der Waals surface area contributed by atoms with Crippen LogP contribution < -0.4 is 5.32 Å². The molecule has 0 unspecified atom stereocenters. The van der Waals surface area contributed by atoms with Gasteiger partial charge in [-0.1, -0.05) is 25.1 Å². The summed E-state index contributed by atoms with van der Waals surface area (Å²) < 4.78 is 0.933. The van der Waals surface area contributed by atoms with E-state index < -0.39 is 0 Å². The maximum Gasteiger partial charge on any atom is 0.111 e. The van der Waals surface area contributed by atoms with E-state index in [9.17, 15) is 0 Å². The standard InChI is InChI=1S/C12H13BrN2/c1-2-14-8-10-7-9-5-3-4-6-11(9)15-12(10)13/h3-7,14H,2,8H2,1H3. The monoisotopic (exact) mass is 264 g/mol. The molecule has 0 bridgehead atoms. The molecule has 2 aromatic rings. The first kappa shape index (κ1) is 10.6. The van der Waals surface area contributed by atoms with Gasteiger partial charge in [0.05, 0.1) is 5.52 Å². The molecule has 1 N–H and O–H groups in total. The highest BCUT2D eigenvalue weighted by Crippen LogP contribution is 2.20. The number of nitrogens with one attached hydrogen (secondary N) is 1. The lowest BCUT2D eigenvalue weighted by Gasteiger charge is -2.06. The van der Waals surface area contributed by atoms with E-state index >= 15 is 0 Å². The van der Waals surface area contributed by atoms with Crippen LogP contribution in [0.1, 0.15) is 12.5 Å². The second-order valence-corrected chi connectivity index (χ2v) is 4.16. The van der Waals surface area contributed by atoms with Gasteiger partial charge >= 0.3 is 0 Å². The SMILES string of the molecule is CCNCc1cc2ccccc2nc1Br. The Bertz CT molecular complexity index is 468. The van der Waals surface area contributed by atoms with Crippen LogP contribution in [0.4, 0.5) is 0 Å². The Balaban J connectivity index is 2.43. The summed E-state index contributed by atoms with van der Waals surface area (Å²) in [6, 6.07) is 10.3. The van der Waals surface area contributed by atoms with E-state index in [-0.39, 0.29) is 0 Å². The normalized spacial score (nSPS) is 10.8. The third-order valence-corrected chi connectivity index (χ3v) is 3.00. The summed E-state index contributed by atoms with van der Waals surface area (Å²) in [5, 5.41) is 4.49. The number of hydrogen-bond donors (Lipinski definition) is 1. The van der Waals surface area contributed by atoms with Crippen molar-refractivity contribution in [2.24, 2.45) is 0 Å². The first-order chi connectivity index (χ1) is 7.31. The predicted octanol–water partition coefficient (Wildman–Crippen LogP) is 3.11. The van der Waals surface area contributed by atoms with Gasteiger partial charge in [-0.3, -0.25) is 0 Å². The average Bonchev–Trinajstić information content (AvgIpc) is 2.26. The van der Waals surface area contributed by atoms with Crippen LogP contribution in [0.3, 0.4) is 0 Å². The molecule has 2 nitrogen and oxygen atoms in total. The summed E-state index contributed by atoms with van der Waals surface area (Å²) in [4.78, 5) is 4.51. The molecule has 0 saturated heterocycles. The molecular weight excluding hydrogens is 252 g/mol. The summed E-state index contributed by atoms with van der Waals surface area (Å²) in [6.45, 7) is 3.93. The lowest BCUT2D eigenvalue weighted by molar-refractivity contribution is 0.723. The second kappa shape index (κ2) is 4.73. The van der Waals surface area contributed by atoms with Crippen LogP contribution in [0.15, 0.2) is 34.9 Å². The van der Waals surface area contributed by atoms with Gasteiger partial charge in [-0.2, -0.15) is 0 Å². The number of aromatic nitrogens is 1. The van der Waals surface area contributed by atoms with Crippen LogP contribution >= 0.6 is 15.9 Å². The molecule has 1 aromatic heterocycles. The zero-order valence-corrected chi connectivity index (χ0v) is 10.2. The fourth-order valence-corrected chi connectivity index (χ4v) is 1.97. The molecule has 2 rings (SSSR count). The fourth-order valence-electron chi connectivity index (χ4n) is 1.52. The number of nitrogens with zero attached hydrogens (tertiary/aromatic N) is 1. The average molecular weight is 265 g/mol. The zero-order valence-electron chi connectivity index (χ0n) is 8.63. The van der Waals surface area contributed by atoms with Crippen LogP contribution in [0, 0.1) is 0 Å². The minimum atomic E-state index is 0.856. The van der Waals surface area contributed by atoms with Crippen LogP contribution in [0.25, 0.3) is 10.9 Å². The molecule has 0 aliphatic heterocycles. The molecule has 0 radical (unpaired) electrons. The van der Waals surface area contributed by atoms with Gasteiger partial charge in [-0.25, -0.2) is 4.98 Å². The summed E-state index contributed by atoms with van der Waals surface area (Å²) in [5.41, 5.74) is 2.24. The lowest BCUT2D eigenvalue weighted by Crippen LogP contribution is -2.12. The van der Waals surface area contributed by atoms with Crippen LogP contribution in [-0.2, 0) is 6.54 Å². The molecule has 0 spiro atoms. The highest BCUT2D eigenvalue weighted by Gasteiger charge is 2.02. The van der Waals surface area contributed by atoms with Gasteiger partial charge in [0.25, 0.3) is 0 Å². The largest absolute Gasteiger partial charge is 0.313 e. The minimum Gasteiger partial charge on any atom is -0.313 e. The van der Waals surface area contributed by atoms with E-state index in [1.807, 2.05) is 18.2 Å². The van der Waals surface area contributed by atoms with Crippen molar-refractivity contribution in [1.82, 2.24) is 10.3 Å². The fraction of sp³-hybridized carbons (Fsp3) is 0.250. The van der Waals surface area contributed by atoms with Gasteiger partial charge in [0.2, 0.25) is 0 Å². The van der Waals surface area contributed by atoms with Crippen molar-refractivity contribution < 1.29 is 0 Å². The number of pyridine rings is 1. The van der Waals surface area contributed by atoms with Crippen LogP contribution in [0.2, 0.25) is 0 Å². The number of halogens is 1. The van der Waals surface area contributed by atoms with E-state index in [0.29, 0.717) is 0 Å². The Labute approximate surface area is 97.8 Å². The Morgan fingerprint density at radius 3 is 2.93 bits per heavy atom. The molecule has 0 amide bonds. The van der Waals surface area contributed by atoms with E-state index in [2.05, 4.69) is 45.3 Å². The first-order valence-corrected chi connectivity index (χ1v) is 5.85. The molecule has 78 valence electrons. The van der Waals surface area contributed by atoms with Gasteiger partial charge < -0.3 is 5.32 Å². The van der Waals surface area contributed by atoms with E-state index in [0.717, 1.165) is 23.2 Å². The third kappa shape index (κ3) is 2.36. The molecule has 0 aliphatic carbocycles. The summed E-state index contributed by atoms with van der Waals surface area (Å²) in [7, 11) is 0. The molecule has 0 atom stereocenters. The van der Waals surface area contributed by atoms with Gasteiger partial charge in [-0.15, -0.1) is 0 Å². The highest BCUT2D eigenvalue weighted by atomic mass is 79.9.